The van der Waals surface area contributed by atoms with Crippen LogP contribution in [0.25, 0.3) is 101 Å². The predicted molar refractivity (Wildman–Crippen MR) is 211 cm³/mol. The summed E-state index contributed by atoms with van der Waals surface area (Å²) < 4.78 is 7.25. The molecule has 0 aliphatic heterocycles. The molecule has 0 unspecified atom stereocenters. The number of fused-ring (bicyclic) bond motifs is 13. The van der Waals surface area contributed by atoms with Crippen LogP contribution < -0.4 is 0 Å². The number of benzene rings is 7. The standard InChI is InChI=1S/C44H25N3S2/c1-2-12-26(13-3-1)27-22-24-28(25-23-27)39-43-40(33-18-8-11-21-36(33)49-43)46-44(45-39)47-34-19-9-6-16-31(34)38-41(47)30-15-5-4-14-29(30)37-32-17-7-10-20-35(32)48-42(37)38/h1-25H. The molecule has 0 radical (unpaired) electrons. The largest absolute Gasteiger partial charge is 0.277 e. The fraction of sp³-hybridized carbons (Fsp3) is 0. The summed E-state index contributed by atoms with van der Waals surface area (Å²) in [7, 11) is 0. The van der Waals surface area contributed by atoms with Gasteiger partial charge in [-0.1, -0.05) is 133 Å². The minimum atomic E-state index is 0.690. The molecule has 0 saturated carbocycles. The fourth-order valence-electron chi connectivity index (χ4n) is 7.66. The van der Waals surface area contributed by atoms with Crippen LogP contribution in [0.1, 0.15) is 0 Å². The molecule has 3 nitrogen and oxygen atoms in total. The second-order valence-corrected chi connectivity index (χ2v) is 14.6. The Balaban J connectivity index is 1.28. The van der Waals surface area contributed by atoms with Crippen LogP contribution in [0.4, 0.5) is 0 Å². The van der Waals surface area contributed by atoms with E-state index in [0.29, 0.717) is 5.95 Å². The molecule has 228 valence electrons. The Kier molecular flexibility index (Phi) is 5.70. The van der Waals surface area contributed by atoms with Crippen molar-refractivity contribution >= 4 is 95.7 Å². The topological polar surface area (TPSA) is 30.7 Å². The molecule has 0 N–H and O–H groups in total. The maximum Gasteiger partial charge on any atom is 0.235 e. The summed E-state index contributed by atoms with van der Waals surface area (Å²) in [5.41, 5.74) is 7.68. The third-order valence-corrected chi connectivity index (χ3v) is 12.2. The molecule has 0 atom stereocenters. The van der Waals surface area contributed by atoms with E-state index in [0.717, 1.165) is 37.9 Å². The Morgan fingerprint density at radius 2 is 0.980 bits per heavy atom. The molecule has 0 saturated heterocycles. The fourth-order valence-corrected chi connectivity index (χ4v) is 10.1. The quantitative estimate of drug-likeness (QED) is 0.189. The molecular weight excluding hydrogens is 635 g/mol. The zero-order valence-corrected chi connectivity index (χ0v) is 27.7. The summed E-state index contributed by atoms with van der Waals surface area (Å²) in [5.74, 6) is 0.690. The lowest BCUT2D eigenvalue weighted by Gasteiger charge is -2.12. The number of thiophene rings is 2. The average molecular weight is 660 g/mol. The minimum absolute atomic E-state index is 0.690. The van der Waals surface area contributed by atoms with Gasteiger partial charge in [0.1, 0.15) is 0 Å². The highest BCUT2D eigenvalue weighted by atomic mass is 32.1. The van der Waals surface area contributed by atoms with E-state index in [1.54, 1.807) is 11.3 Å². The highest BCUT2D eigenvalue weighted by Crippen LogP contribution is 2.48. The highest BCUT2D eigenvalue weighted by molar-refractivity contribution is 7.27. The third kappa shape index (κ3) is 3.88. The van der Waals surface area contributed by atoms with Crippen LogP contribution in [0.5, 0.6) is 0 Å². The highest BCUT2D eigenvalue weighted by Gasteiger charge is 2.24. The van der Waals surface area contributed by atoms with E-state index in [1.165, 1.54) is 57.5 Å². The molecule has 4 heterocycles. The number of hydrogen-bond acceptors (Lipinski definition) is 4. The average Bonchev–Trinajstić information content (AvgIpc) is 3.85. The zero-order chi connectivity index (χ0) is 32.1. The van der Waals surface area contributed by atoms with Crippen LogP contribution in [-0.2, 0) is 0 Å². The van der Waals surface area contributed by atoms with Gasteiger partial charge in [0.05, 0.1) is 26.9 Å². The van der Waals surface area contributed by atoms with Gasteiger partial charge in [-0.2, -0.15) is 0 Å². The van der Waals surface area contributed by atoms with Crippen LogP contribution in [0, 0.1) is 0 Å². The van der Waals surface area contributed by atoms with Gasteiger partial charge in [-0.3, -0.25) is 4.57 Å². The van der Waals surface area contributed by atoms with Gasteiger partial charge in [-0.05, 0) is 34.7 Å². The molecule has 0 bridgehead atoms. The van der Waals surface area contributed by atoms with Crippen molar-refractivity contribution in [3.63, 3.8) is 0 Å². The van der Waals surface area contributed by atoms with Gasteiger partial charge in [-0.25, -0.2) is 9.97 Å². The first-order chi connectivity index (χ1) is 24.3. The van der Waals surface area contributed by atoms with Gasteiger partial charge < -0.3 is 0 Å². The number of rotatable bonds is 3. The van der Waals surface area contributed by atoms with Crippen molar-refractivity contribution in [3.05, 3.63) is 152 Å². The summed E-state index contributed by atoms with van der Waals surface area (Å²) in [4.78, 5) is 11.0. The Morgan fingerprint density at radius 1 is 0.408 bits per heavy atom. The van der Waals surface area contributed by atoms with Gasteiger partial charge in [0, 0.05) is 52.0 Å². The normalized spacial score (nSPS) is 12.1. The Morgan fingerprint density at radius 3 is 1.78 bits per heavy atom. The van der Waals surface area contributed by atoms with Crippen LogP contribution >= 0.6 is 22.7 Å². The molecular formula is C44H25N3S2. The first-order valence-corrected chi connectivity index (χ1v) is 18.1. The molecule has 11 aromatic rings. The minimum Gasteiger partial charge on any atom is -0.277 e. The van der Waals surface area contributed by atoms with E-state index in [-0.39, 0.29) is 0 Å². The Bertz CT molecular complexity index is 3090. The maximum atomic E-state index is 5.51. The van der Waals surface area contributed by atoms with Crippen LogP contribution in [0.2, 0.25) is 0 Å². The van der Waals surface area contributed by atoms with Crippen molar-refractivity contribution in [1.82, 2.24) is 14.5 Å². The molecule has 7 aromatic carbocycles. The molecule has 0 aliphatic rings. The second kappa shape index (κ2) is 10.3. The molecule has 11 rings (SSSR count). The molecule has 0 aliphatic carbocycles. The van der Waals surface area contributed by atoms with E-state index < -0.39 is 0 Å². The van der Waals surface area contributed by atoms with Gasteiger partial charge in [0.2, 0.25) is 5.95 Å². The molecule has 5 heteroatoms. The summed E-state index contributed by atoms with van der Waals surface area (Å²) in [6.07, 6.45) is 0. The summed E-state index contributed by atoms with van der Waals surface area (Å²) >= 11 is 3.65. The second-order valence-electron chi connectivity index (χ2n) is 12.5. The van der Waals surface area contributed by atoms with Crippen molar-refractivity contribution in [1.29, 1.82) is 0 Å². The van der Waals surface area contributed by atoms with Gasteiger partial charge >= 0.3 is 0 Å². The number of hydrogen-bond donors (Lipinski definition) is 0. The Hall–Kier alpha value is -5.88. The van der Waals surface area contributed by atoms with Gasteiger partial charge in [-0.15, -0.1) is 22.7 Å². The molecule has 0 fully saturated rings. The van der Waals surface area contributed by atoms with E-state index >= 15 is 0 Å². The summed E-state index contributed by atoms with van der Waals surface area (Å²) in [6.45, 7) is 0. The maximum absolute atomic E-state index is 5.51. The van der Waals surface area contributed by atoms with Crippen molar-refractivity contribution in [2.24, 2.45) is 0 Å². The van der Waals surface area contributed by atoms with Crippen molar-refractivity contribution in [3.8, 4) is 28.3 Å². The molecule has 0 amide bonds. The van der Waals surface area contributed by atoms with Gasteiger partial charge in [0.25, 0.3) is 0 Å². The number of aromatic nitrogens is 3. The molecule has 4 aromatic heterocycles. The third-order valence-electron chi connectivity index (χ3n) is 9.82. The van der Waals surface area contributed by atoms with E-state index in [1.807, 2.05) is 11.3 Å². The summed E-state index contributed by atoms with van der Waals surface area (Å²) in [6, 6.07) is 54.4. The van der Waals surface area contributed by atoms with Crippen LogP contribution in [0.15, 0.2) is 152 Å². The lowest BCUT2D eigenvalue weighted by atomic mass is 10.00. The smallest absolute Gasteiger partial charge is 0.235 e. The van der Waals surface area contributed by atoms with Crippen molar-refractivity contribution < 1.29 is 0 Å². The lowest BCUT2D eigenvalue weighted by molar-refractivity contribution is 1.02. The van der Waals surface area contributed by atoms with Crippen molar-refractivity contribution in [2.75, 3.05) is 0 Å². The first kappa shape index (κ1) is 27.1. The van der Waals surface area contributed by atoms with Crippen LogP contribution in [-0.4, -0.2) is 14.5 Å². The predicted octanol–water partition coefficient (Wildman–Crippen LogP) is 12.8. The lowest BCUT2D eigenvalue weighted by Crippen LogP contribution is -2.03. The van der Waals surface area contributed by atoms with Crippen molar-refractivity contribution in [2.45, 2.75) is 0 Å². The summed E-state index contributed by atoms with van der Waals surface area (Å²) in [5, 5.41) is 8.73. The van der Waals surface area contributed by atoms with Crippen LogP contribution in [0.3, 0.4) is 0 Å². The first-order valence-electron chi connectivity index (χ1n) is 16.4. The molecule has 49 heavy (non-hydrogen) atoms. The Labute approximate surface area is 289 Å². The van der Waals surface area contributed by atoms with E-state index in [4.69, 9.17) is 9.97 Å². The monoisotopic (exact) mass is 659 g/mol. The van der Waals surface area contributed by atoms with Gasteiger partial charge in [0.15, 0.2) is 0 Å². The number of nitrogens with zero attached hydrogens (tertiary/aromatic N) is 3. The van der Waals surface area contributed by atoms with E-state index in [9.17, 15) is 0 Å². The molecule has 0 spiro atoms. The van der Waals surface area contributed by atoms with E-state index in [2.05, 4.69) is 156 Å². The number of para-hydroxylation sites is 1. The zero-order valence-electron chi connectivity index (χ0n) is 26.1. The SMILES string of the molecule is c1ccc(-c2ccc(-c3nc(-n4c5ccccc5c5c6sc7ccccc7c6c6ccccc6c54)nc4c3sc3ccccc34)cc2)cc1.